The fourth-order valence-electron chi connectivity index (χ4n) is 6.11. The Morgan fingerprint density at radius 3 is 0.976 bits per heavy atom. The maximum absolute atomic E-state index is 11.7. The van der Waals surface area contributed by atoms with Crippen molar-refractivity contribution >= 4 is 61.8 Å². The molecule has 0 atom stereocenters. The first kappa shape index (κ1) is 40.6. The Kier molecular flexibility index (Phi) is 15.9. The van der Waals surface area contributed by atoms with Crippen LogP contribution in [0.15, 0.2) is 24.3 Å². The van der Waals surface area contributed by atoms with Gasteiger partial charge < -0.3 is 21.8 Å². The van der Waals surface area contributed by atoms with Gasteiger partial charge in [0.1, 0.15) is 0 Å². The molecule has 0 rings (SSSR count). The van der Waals surface area contributed by atoms with Gasteiger partial charge in [0.05, 0.1) is 13.2 Å². The van der Waals surface area contributed by atoms with E-state index >= 15 is 0 Å². The largest absolute Gasteiger partial charge is 0.462 e. The average Bonchev–Trinajstić information content (AvgIpc) is 2.69. The third-order valence-corrected chi connectivity index (χ3v) is 36.4. The highest BCUT2D eigenvalue weighted by atomic mass is 28.5. The van der Waals surface area contributed by atoms with Gasteiger partial charge in [0.2, 0.25) is 0 Å². The summed E-state index contributed by atoms with van der Waals surface area (Å²) in [5, 5.41) is 0. The van der Waals surface area contributed by atoms with E-state index in [1.165, 1.54) is 0 Å². The van der Waals surface area contributed by atoms with Crippen LogP contribution in [0.2, 0.25) is 102 Å². The Balaban J connectivity index is 5.00. The molecule has 0 aliphatic carbocycles. The summed E-state index contributed by atoms with van der Waals surface area (Å²) in [7, 11) is -11.7. The Labute approximate surface area is 258 Å². The van der Waals surface area contributed by atoms with Gasteiger partial charge in [0, 0.05) is 11.1 Å². The summed E-state index contributed by atoms with van der Waals surface area (Å²) < 4.78 is 31.5. The minimum Gasteiger partial charge on any atom is -0.462 e. The molecule has 0 spiro atoms. The molecule has 0 aromatic carbocycles. The first-order valence-corrected chi connectivity index (χ1v) is 33.6. The topological polar surface area (TPSA) is 80.3 Å². The summed E-state index contributed by atoms with van der Waals surface area (Å²) >= 11 is 0. The molecule has 0 unspecified atom stereocenters. The van der Waals surface area contributed by atoms with E-state index in [-0.39, 0.29) is 11.9 Å². The number of rotatable bonds is 20. The molecule has 0 amide bonds. The van der Waals surface area contributed by atoms with Gasteiger partial charge in [-0.1, -0.05) is 13.2 Å². The fraction of sp³-hybridized carbons (Fsp3) is 0.786. The van der Waals surface area contributed by atoms with E-state index in [9.17, 15) is 9.59 Å². The zero-order chi connectivity index (χ0) is 32.5. The van der Waals surface area contributed by atoms with Gasteiger partial charge in [0.15, 0.2) is 49.9 Å². The maximum Gasteiger partial charge on any atom is 0.333 e. The van der Waals surface area contributed by atoms with Crippen molar-refractivity contribution in [2.45, 2.75) is 129 Å². The molecule has 0 bridgehead atoms. The predicted octanol–water partition coefficient (Wildman–Crippen LogP) is 8.36. The highest BCUT2D eigenvalue weighted by Crippen LogP contribution is 2.33. The number of ether oxygens (including phenoxy) is 2. The summed E-state index contributed by atoms with van der Waals surface area (Å²) in [6, 6.07) is 1.92. The van der Waals surface area contributed by atoms with Crippen molar-refractivity contribution in [3.05, 3.63) is 24.3 Å². The first-order chi connectivity index (χ1) is 18.2. The van der Waals surface area contributed by atoms with Crippen LogP contribution in [0.4, 0.5) is 0 Å². The lowest BCUT2D eigenvalue weighted by molar-refractivity contribution is -0.139. The van der Waals surface area contributed by atoms with E-state index in [1.54, 1.807) is 13.8 Å². The third kappa shape index (κ3) is 19.5. The molecule has 0 aromatic rings. The van der Waals surface area contributed by atoms with E-state index in [0.717, 1.165) is 36.3 Å². The molecule has 240 valence electrons. The second-order valence-corrected chi connectivity index (χ2v) is 42.7. The lowest BCUT2D eigenvalue weighted by atomic mass is 10.4. The van der Waals surface area contributed by atoms with Crippen LogP contribution in [0.5, 0.6) is 0 Å². The van der Waals surface area contributed by atoms with Gasteiger partial charge in [-0.25, -0.2) is 9.59 Å². The van der Waals surface area contributed by atoms with Crippen molar-refractivity contribution in [2.24, 2.45) is 0 Å². The number of hydrogen-bond acceptors (Lipinski definition) is 7. The van der Waals surface area contributed by atoms with Gasteiger partial charge in [-0.05, 0) is 129 Å². The quantitative estimate of drug-likeness (QED) is 0.0554. The monoisotopic (exact) mass is 678 g/mol. The zero-order valence-electron chi connectivity index (χ0n) is 28.9. The number of esters is 2. The van der Waals surface area contributed by atoms with Crippen molar-refractivity contribution in [1.82, 2.24) is 0 Å². The Morgan fingerprint density at radius 2 is 0.732 bits per heavy atom. The van der Waals surface area contributed by atoms with E-state index < -0.39 is 49.9 Å². The van der Waals surface area contributed by atoms with E-state index in [1.807, 2.05) is 0 Å². The van der Waals surface area contributed by atoms with Crippen molar-refractivity contribution in [1.29, 1.82) is 0 Å². The van der Waals surface area contributed by atoms with Crippen LogP contribution in [0.25, 0.3) is 0 Å². The molecule has 0 radical (unpaired) electrons. The molecule has 41 heavy (non-hydrogen) atoms. The molecule has 13 heteroatoms. The molecule has 0 saturated heterocycles. The normalized spacial score (nSPS) is 13.6. The minimum absolute atomic E-state index is 0.319. The van der Waals surface area contributed by atoms with Crippen LogP contribution in [0.3, 0.4) is 0 Å². The van der Waals surface area contributed by atoms with Gasteiger partial charge in [0.25, 0.3) is 0 Å². The highest BCUT2D eigenvalue weighted by molar-refractivity contribution is 7.00. The zero-order valence-corrected chi connectivity index (χ0v) is 34.9. The molecule has 0 heterocycles. The fourth-order valence-corrected chi connectivity index (χ4v) is 47.0. The lowest BCUT2D eigenvalue weighted by Gasteiger charge is -2.43. The summed E-state index contributed by atoms with van der Waals surface area (Å²) in [6.45, 7) is 39.3. The molecule has 0 fully saturated rings. The Morgan fingerprint density at radius 1 is 0.488 bits per heavy atom. The SMILES string of the molecule is C=C(C)C(=O)OCCC[Si](C)(C)O[Si](C)(C)C[Si](C)(C)O[Si](C)(C)C[Si](C)(C)O[Si](C)(C)CCCOC(=O)C(=C)C. The minimum atomic E-state index is -1.98. The maximum atomic E-state index is 11.7. The number of carbonyl (C=O) groups excluding carboxylic acids is 2. The number of carbonyl (C=O) groups is 2. The van der Waals surface area contributed by atoms with E-state index in [4.69, 9.17) is 21.8 Å². The van der Waals surface area contributed by atoms with Gasteiger partial charge in [-0.15, -0.1) is 0 Å². The van der Waals surface area contributed by atoms with Crippen molar-refractivity contribution in [3.63, 3.8) is 0 Å². The smallest absolute Gasteiger partial charge is 0.333 e. The molecular formula is C28H62O7Si6. The summed E-state index contributed by atoms with van der Waals surface area (Å²) in [4.78, 5) is 23.3. The Hall–Kier alpha value is -0.399. The van der Waals surface area contributed by atoms with Crippen LogP contribution in [0, 0.1) is 0 Å². The molecule has 0 aliphatic rings. The number of hydrogen-bond donors (Lipinski definition) is 0. The average molecular weight is 679 g/mol. The van der Waals surface area contributed by atoms with Crippen LogP contribution < -0.4 is 0 Å². The molecule has 0 N–H and O–H groups in total. The lowest BCUT2D eigenvalue weighted by Crippen LogP contribution is -2.56. The van der Waals surface area contributed by atoms with Crippen LogP contribution >= 0.6 is 0 Å². The third-order valence-electron chi connectivity index (χ3n) is 6.37. The van der Waals surface area contributed by atoms with Crippen LogP contribution in [-0.2, 0) is 31.4 Å². The molecule has 7 nitrogen and oxygen atoms in total. The predicted molar refractivity (Wildman–Crippen MR) is 188 cm³/mol. The summed E-state index contributed by atoms with van der Waals surface area (Å²) in [6.07, 6.45) is 1.64. The van der Waals surface area contributed by atoms with Crippen molar-refractivity contribution in [3.8, 4) is 0 Å². The van der Waals surface area contributed by atoms with Gasteiger partial charge in [-0.3, -0.25) is 0 Å². The Bertz CT molecular complexity index is 842. The molecule has 0 aliphatic heterocycles. The van der Waals surface area contributed by atoms with Gasteiger partial charge >= 0.3 is 11.9 Å². The highest BCUT2D eigenvalue weighted by Gasteiger charge is 2.45. The van der Waals surface area contributed by atoms with Gasteiger partial charge in [-0.2, -0.15) is 0 Å². The standard InChI is InChI=1S/C28H62O7Si6/c1-25(2)27(29)31-19-17-21-36(5,6)33-38(9,10)23-40(13,14)35-41(15,16)24-39(11,12)34-37(7,8)22-18-20-32-28(30)26(3)4/h1,3,17-24H2,2,4-16H3. The second kappa shape index (κ2) is 16.1. The van der Waals surface area contributed by atoms with E-state index in [2.05, 4.69) is 91.7 Å². The van der Waals surface area contributed by atoms with Crippen LogP contribution in [-0.4, -0.2) is 75.1 Å². The van der Waals surface area contributed by atoms with Crippen molar-refractivity contribution in [2.75, 3.05) is 13.2 Å². The molecule has 0 aromatic heterocycles. The van der Waals surface area contributed by atoms with Crippen LogP contribution in [0.1, 0.15) is 26.7 Å². The van der Waals surface area contributed by atoms with E-state index in [0.29, 0.717) is 24.4 Å². The molecule has 0 saturated carbocycles. The summed E-state index contributed by atoms with van der Waals surface area (Å²) in [5.41, 5.74) is 2.99. The molecular weight excluding hydrogens is 617 g/mol. The second-order valence-electron chi connectivity index (χ2n) is 15.3. The first-order valence-electron chi connectivity index (χ1n) is 14.9. The summed E-state index contributed by atoms with van der Waals surface area (Å²) in [5.74, 6) is -0.637. The van der Waals surface area contributed by atoms with Crippen molar-refractivity contribution < 1.29 is 31.4 Å².